The van der Waals surface area contributed by atoms with Gasteiger partial charge in [0.25, 0.3) is 0 Å². The van der Waals surface area contributed by atoms with Gasteiger partial charge in [0, 0.05) is 50.7 Å². The van der Waals surface area contributed by atoms with Crippen molar-refractivity contribution in [2.24, 2.45) is 0 Å². The fraction of sp³-hybridized carbons (Fsp3) is 0.688. The quantitative estimate of drug-likeness (QED) is 0.902. The van der Waals surface area contributed by atoms with Crippen molar-refractivity contribution in [3.8, 4) is 0 Å². The zero-order valence-corrected chi connectivity index (χ0v) is 12.5. The van der Waals surface area contributed by atoms with Gasteiger partial charge in [0.05, 0.1) is 0 Å². The lowest BCUT2D eigenvalue weighted by Gasteiger charge is -2.41. The average Bonchev–Trinajstić information content (AvgIpc) is 3.00. The van der Waals surface area contributed by atoms with Crippen LogP contribution in [-0.2, 0) is 0 Å². The maximum Gasteiger partial charge on any atom is 0.0480 e. The Morgan fingerprint density at radius 1 is 1.25 bits per heavy atom. The number of piperazine rings is 1. The van der Waals surface area contributed by atoms with E-state index < -0.39 is 0 Å². The number of pyridine rings is 1. The van der Waals surface area contributed by atoms with Crippen molar-refractivity contribution in [1.82, 2.24) is 20.1 Å². The van der Waals surface area contributed by atoms with Crippen molar-refractivity contribution in [3.05, 3.63) is 30.1 Å². The summed E-state index contributed by atoms with van der Waals surface area (Å²) in [6.07, 6.45) is 6.58. The molecule has 0 amide bonds. The van der Waals surface area contributed by atoms with Crippen molar-refractivity contribution < 1.29 is 0 Å². The summed E-state index contributed by atoms with van der Waals surface area (Å²) in [7, 11) is 0. The highest BCUT2D eigenvalue weighted by molar-refractivity contribution is 5.16. The maximum atomic E-state index is 4.18. The second kappa shape index (κ2) is 6.66. The first-order chi connectivity index (χ1) is 9.84. The van der Waals surface area contributed by atoms with Gasteiger partial charge in [-0.1, -0.05) is 0 Å². The molecule has 0 aliphatic carbocycles. The van der Waals surface area contributed by atoms with Crippen LogP contribution < -0.4 is 5.32 Å². The average molecular weight is 274 g/mol. The topological polar surface area (TPSA) is 31.4 Å². The summed E-state index contributed by atoms with van der Waals surface area (Å²) in [5, 5.41) is 3.50. The molecule has 20 heavy (non-hydrogen) atoms. The minimum atomic E-state index is 0.508. The van der Waals surface area contributed by atoms with E-state index in [0.29, 0.717) is 12.1 Å². The third-order valence-corrected chi connectivity index (χ3v) is 4.67. The van der Waals surface area contributed by atoms with Crippen LogP contribution in [0.4, 0.5) is 0 Å². The predicted molar refractivity (Wildman–Crippen MR) is 81.7 cm³/mol. The molecule has 1 aromatic rings. The Bertz CT molecular complexity index is 402. The van der Waals surface area contributed by atoms with Gasteiger partial charge in [-0.25, -0.2) is 0 Å². The standard InChI is InChI=1S/C16H26N4/c1-14-12-18-8-11-20(14)16(13-19-9-2-3-10-19)15-4-6-17-7-5-15/h4-7,14,16,18H,2-3,8-13H2,1H3. The van der Waals surface area contributed by atoms with E-state index in [1.165, 1.54) is 31.5 Å². The Kier molecular flexibility index (Phi) is 4.65. The Labute approximate surface area is 122 Å². The lowest BCUT2D eigenvalue weighted by molar-refractivity contribution is 0.0907. The van der Waals surface area contributed by atoms with Gasteiger partial charge in [-0.3, -0.25) is 9.88 Å². The number of rotatable bonds is 4. The fourth-order valence-corrected chi connectivity index (χ4v) is 3.52. The van der Waals surface area contributed by atoms with E-state index in [1.807, 2.05) is 12.4 Å². The van der Waals surface area contributed by atoms with E-state index >= 15 is 0 Å². The zero-order chi connectivity index (χ0) is 13.8. The highest BCUT2D eigenvalue weighted by Crippen LogP contribution is 2.26. The molecule has 3 rings (SSSR count). The van der Waals surface area contributed by atoms with Gasteiger partial charge in [-0.15, -0.1) is 0 Å². The Hall–Kier alpha value is -0.970. The molecule has 0 bridgehead atoms. The van der Waals surface area contributed by atoms with Gasteiger partial charge >= 0.3 is 0 Å². The summed E-state index contributed by atoms with van der Waals surface area (Å²) >= 11 is 0. The van der Waals surface area contributed by atoms with Crippen LogP contribution in [0.5, 0.6) is 0 Å². The monoisotopic (exact) mass is 274 g/mol. The van der Waals surface area contributed by atoms with Crippen LogP contribution in [0.2, 0.25) is 0 Å². The molecule has 1 N–H and O–H groups in total. The van der Waals surface area contributed by atoms with E-state index in [9.17, 15) is 0 Å². The van der Waals surface area contributed by atoms with E-state index in [-0.39, 0.29) is 0 Å². The highest BCUT2D eigenvalue weighted by atomic mass is 15.3. The summed E-state index contributed by atoms with van der Waals surface area (Å²) in [4.78, 5) is 9.47. The molecule has 4 heteroatoms. The minimum Gasteiger partial charge on any atom is -0.314 e. The van der Waals surface area contributed by atoms with Crippen LogP contribution in [-0.4, -0.2) is 60.1 Å². The summed E-state index contributed by atoms with van der Waals surface area (Å²) in [5.41, 5.74) is 1.42. The molecule has 0 radical (unpaired) electrons. The molecule has 1 aromatic heterocycles. The second-order valence-electron chi connectivity index (χ2n) is 6.10. The number of nitrogens with zero attached hydrogens (tertiary/aromatic N) is 3. The number of aromatic nitrogens is 1. The molecule has 110 valence electrons. The summed E-state index contributed by atoms with van der Waals surface area (Å²) in [6.45, 7) is 9.37. The Morgan fingerprint density at radius 2 is 2.00 bits per heavy atom. The summed E-state index contributed by atoms with van der Waals surface area (Å²) in [6, 6.07) is 5.49. The lowest BCUT2D eigenvalue weighted by Crippen LogP contribution is -2.52. The van der Waals surface area contributed by atoms with Gasteiger partial charge in [-0.05, 0) is 50.6 Å². The molecule has 2 aliphatic heterocycles. The van der Waals surface area contributed by atoms with Crippen molar-refractivity contribution in [1.29, 1.82) is 0 Å². The molecule has 0 saturated carbocycles. The maximum absolute atomic E-state index is 4.18. The molecular formula is C16H26N4. The smallest absolute Gasteiger partial charge is 0.0480 e. The van der Waals surface area contributed by atoms with Crippen LogP contribution in [0.3, 0.4) is 0 Å². The third-order valence-electron chi connectivity index (χ3n) is 4.67. The number of nitrogens with one attached hydrogen (secondary N) is 1. The molecule has 2 atom stereocenters. The number of hydrogen-bond donors (Lipinski definition) is 1. The molecule has 2 fully saturated rings. The van der Waals surface area contributed by atoms with E-state index in [4.69, 9.17) is 0 Å². The molecule has 4 nitrogen and oxygen atoms in total. The predicted octanol–water partition coefficient (Wildman–Crippen LogP) is 1.51. The molecule has 2 saturated heterocycles. The molecule has 0 spiro atoms. The lowest BCUT2D eigenvalue weighted by atomic mass is 10.0. The van der Waals surface area contributed by atoms with Gasteiger partial charge in [0.2, 0.25) is 0 Å². The third kappa shape index (κ3) is 3.19. The van der Waals surface area contributed by atoms with Gasteiger partial charge < -0.3 is 10.2 Å². The normalized spacial score (nSPS) is 26.8. The van der Waals surface area contributed by atoms with Crippen LogP contribution in [0.15, 0.2) is 24.5 Å². The molecule has 2 unspecified atom stereocenters. The Morgan fingerprint density at radius 3 is 2.70 bits per heavy atom. The zero-order valence-electron chi connectivity index (χ0n) is 12.5. The van der Waals surface area contributed by atoms with Crippen LogP contribution in [0, 0.1) is 0 Å². The van der Waals surface area contributed by atoms with Crippen molar-refractivity contribution in [2.45, 2.75) is 31.8 Å². The molecule has 2 aliphatic rings. The molecular weight excluding hydrogens is 248 g/mol. The van der Waals surface area contributed by atoms with Crippen molar-refractivity contribution >= 4 is 0 Å². The summed E-state index contributed by atoms with van der Waals surface area (Å²) in [5.74, 6) is 0. The number of hydrogen-bond acceptors (Lipinski definition) is 4. The Balaban J connectivity index is 1.78. The van der Waals surface area contributed by atoms with E-state index in [2.05, 4.69) is 39.2 Å². The minimum absolute atomic E-state index is 0.508. The first-order valence-corrected chi connectivity index (χ1v) is 7.93. The largest absolute Gasteiger partial charge is 0.314 e. The molecule has 3 heterocycles. The molecule has 0 aromatic carbocycles. The SMILES string of the molecule is CC1CNCCN1C(CN1CCCC1)c1ccncc1. The van der Waals surface area contributed by atoms with Gasteiger partial charge in [0.15, 0.2) is 0 Å². The van der Waals surface area contributed by atoms with Crippen molar-refractivity contribution in [3.63, 3.8) is 0 Å². The van der Waals surface area contributed by atoms with Gasteiger partial charge in [-0.2, -0.15) is 0 Å². The second-order valence-corrected chi connectivity index (χ2v) is 6.10. The van der Waals surface area contributed by atoms with Crippen molar-refractivity contribution in [2.75, 3.05) is 39.3 Å². The van der Waals surface area contributed by atoms with E-state index in [0.717, 1.165) is 26.2 Å². The fourth-order valence-electron chi connectivity index (χ4n) is 3.52. The number of likely N-dealkylation sites (tertiary alicyclic amines) is 1. The van der Waals surface area contributed by atoms with Crippen LogP contribution in [0.1, 0.15) is 31.4 Å². The first kappa shape index (κ1) is 14.0. The van der Waals surface area contributed by atoms with Crippen LogP contribution in [0.25, 0.3) is 0 Å². The van der Waals surface area contributed by atoms with E-state index in [1.54, 1.807) is 0 Å². The van der Waals surface area contributed by atoms with Gasteiger partial charge in [0.1, 0.15) is 0 Å². The van der Waals surface area contributed by atoms with Crippen LogP contribution >= 0.6 is 0 Å². The first-order valence-electron chi connectivity index (χ1n) is 7.93. The highest BCUT2D eigenvalue weighted by Gasteiger charge is 2.29. The summed E-state index contributed by atoms with van der Waals surface area (Å²) < 4.78 is 0.